The summed E-state index contributed by atoms with van der Waals surface area (Å²) in [4.78, 5) is 0. The molecule has 26 heavy (non-hydrogen) atoms. The molecule has 136 valence electrons. The number of aliphatic hydroxyl groups is 1. The van der Waals surface area contributed by atoms with Crippen LogP contribution in [-0.2, 0) is 6.42 Å². The summed E-state index contributed by atoms with van der Waals surface area (Å²) in [6.45, 7) is 1.69. The molecule has 0 aliphatic rings. The number of aromatic amines is 1. The number of aromatic nitrogens is 3. The summed E-state index contributed by atoms with van der Waals surface area (Å²) in [7, 11) is 0. The topological polar surface area (TPSA) is 61.8 Å². The zero-order chi connectivity index (χ0) is 18.7. The molecule has 0 saturated heterocycles. The van der Waals surface area contributed by atoms with Crippen LogP contribution in [-0.4, -0.2) is 26.1 Å². The van der Waals surface area contributed by atoms with Gasteiger partial charge in [0.25, 0.3) is 0 Å². The lowest BCUT2D eigenvalue weighted by Gasteiger charge is -2.36. The lowest BCUT2D eigenvalue weighted by Crippen LogP contribution is -2.37. The minimum Gasteiger partial charge on any atom is -0.389 e. The van der Waals surface area contributed by atoms with Crippen LogP contribution in [0.4, 0.5) is 8.78 Å². The largest absolute Gasteiger partial charge is 0.389 e. The van der Waals surface area contributed by atoms with Gasteiger partial charge in [-0.25, -0.2) is 8.78 Å². The standard InChI is InChI=1S/C19H19F2N3OS/c1-19(25,10-12-2-6-14(20)7-3-12)17(13-4-8-15(21)9-5-13)18(26)16-11-22-24-23-16/h2-9,11,17-18,25-26H,10H2,1H3,(H,22,23,24). The molecule has 0 aliphatic heterocycles. The minimum atomic E-state index is -1.25. The molecule has 1 aromatic heterocycles. The van der Waals surface area contributed by atoms with Gasteiger partial charge in [0.05, 0.1) is 22.7 Å². The fourth-order valence-electron chi connectivity index (χ4n) is 3.20. The highest BCUT2D eigenvalue weighted by molar-refractivity contribution is 7.80. The molecule has 2 N–H and O–H groups in total. The first-order valence-electron chi connectivity index (χ1n) is 8.13. The Hall–Kier alpha value is -2.25. The van der Waals surface area contributed by atoms with Crippen LogP contribution in [0, 0.1) is 11.6 Å². The van der Waals surface area contributed by atoms with Crippen molar-refractivity contribution in [2.75, 3.05) is 0 Å². The average molecular weight is 375 g/mol. The van der Waals surface area contributed by atoms with E-state index in [-0.39, 0.29) is 18.1 Å². The smallest absolute Gasteiger partial charge is 0.123 e. The van der Waals surface area contributed by atoms with Gasteiger partial charge in [-0.3, -0.25) is 0 Å². The number of nitrogens with zero attached hydrogens (tertiary/aromatic N) is 2. The molecule has 2 aromatic carbocycles. The first-order chi connectivity index (χ1) is 12.4. The van der Waals surface area contributed by atoms with Crippen molar-refractivity contribution in [1.82, 2.24) is 15.4 Å². The summed E-state index contributed by atoms with van der Waals surface area (Å²) >= 11 is 4.66. The maximum Gasteiger partial charge on any atom is 0.123 e. The first-order valence-corrected chi connectivity index (χ1v) is 8.64. The van der Waals surface area contributed by atoms with Crippen molar-refractivity contribution in [3.05, 3.63) is 83.2 Å². The number of nitrogens with one attached hydrogen (secondary N) is 1. The van der Waals surface area contributed by atoms with Gasteiger partial charge in [0, 0.05) is 12.3 Å². The second-order valence-electron chi connectivity index (χ2n) is 6.53. The van der Waals surface area contributed by atoms with Gasteiger partial charge in [0.1, 0.15) is 11.6 Å². The Bertz CT molecular complexity index is 836. The van der Waals surface area contributed by atoms with Gasteiger partial charge in [-0.15, -0.1) is 0 Å². The zero-order valence-electron chi connectivity index (χ0n) is 14.1. The fraction of sp³-hybridized carbons (Fsp3) is 0.263. The number of halogens is 2. The van der Waals surface area contributed by atoms with E-state index in [4.69, 9.17) is 0 Å². The van der Waals surface area contributed by atoms with Crippen molar-refractivity contribution in [3.8, 4) is 0 Å². The number of H-pyrrole nitrogens is 1. The van der Waals surface area contributed by atoms with Gasteiger partial charge in [-0.2, -0.15) is 28.0 Å². The Morgan fingerprint density at radius 1 is 1.08 bits per heavy atom. The van der Waals surface area contributed by atoms with Gasteiger partial charge in [0.15, 0.2) is 0 Å². The highest BCUT2D eigenvalue weighted by atomic mass is 32.1. The average Bonchev–Trinajstić information content (AvgIpc) is 3.13. The maximum absolute atomic E-state index is 13.4. The number of benzene rings is 2. The molecule has 0 radical (unpaired) electrons. The molecule has 3 unspecified atom stereocenters. The molecule has 1 heterocycles. The lowest BCUT2D eigenvalue weighted by atomic mass is 9.76. The Morgan fingerprint density at radius 3 is 2.19 bits per heavy atom. The highest BCUT2D eigenvalue weighted by Gasteiger charge is 2.39. The van der Waals surface area contributed by atoms with Crippen LogP contribution in [0.2, 0.25) is 0 Å². The van der Waals surface area contributed by atoms with E-state index in [0.717, 1.165) is 11.1 Å². The van der Waals surface area contributed by atoms with E-state index in [0.29, 0.717) is 5.69 Å². The van der Waals surface area contributed by atoms with E-state index in [1.807, 2.05) is 0 Å². The van der Waals surface area contributed by atoms with E-state index in [1.165, 1.54) is 24.3 Å². The van der Waals surface area contributed by atoms with Crippen LogP contribution in [0.5, 0.6) is 0 Å². The molecule has 0 spiro atoms. The van der Waals surface area contributed by atoms with Crippen molar-refractivity contribution in [1.29, 1.82) is 0 Å². The molecule has 3 atom stereocenters. The fourth-order valence-corrected chi connectivity index (χ4v) is 3.82. The van der Waals surface area contributed by atoms with Crippen molar-refractivity contribution in [3.63, 3.8) is 0 Å². The molecular weight excluding hydrogens is 356 g/mol. The summed E-state index contributed by atoms with van der Waals surface area (Å²) < 4.78 is 26.5. The maximum atomic E-state index is 13.4. The molecule has 0 aliphatic carbocycles. The normalized spacial score (nSPS) is 16.0. The molecule has 3 aromatic rings. The van der Waals surface area contributed by atoms with Crippen LogP contribution in [0.3, 0.4) is 0 Å². The summed E-state index contributed by atoms with van der Waals surface area (Å²) in [5.74, 6) is -1.19. The van der Waals surface area contributed by atoms with Crippen molar-refractivity contribution in [2.24, 2.45) is 0 Å². The zero-order valence-corrected chi connectivity index (χ0v) is 15.0. The van der Waals surface area contributed by atoms with Crippen molar-refractivity contribution in [2.45, 2.75) is 30.1 Å². The third kappa shape index (κ3) is 4.11. The van der Waals surface area contributed by atoms with Crippen LogP contribution in [0.15, 0.2) is 54.7 Å². The number of hydrogen-bond donors (Lipinski definition) is 3. The number of hydrogen-bond acceptors (Lipinski definition) is 4. The quantitative estimate of drug-likeness (QED) is 0.574. The van der Waals surface area contributed by atoms with E-state index in [2.05, 4.69) is 28.0 Å². The van der Waals surface area contributed by atoms with Crippen LogP contribution < -0.4 is 0 Å². The summed E-state index contributed by atoms with van der Waals surface area (Å²) in [5.41, 5.74) is 0.828. The van der Waals surface area contributed by atoms with E-state index < -0.39 is 16.8 Å². The number of rotatable bonds is 6. The second-order valence-corrected chi connectivity index (χ2v) is 7.09. The third-order valence-electron chi connectivity index (χ3n) is 4.43. The van der Waals surface area contributed by atoms with E-state index >= 15 is 0 Å². The van der Waals surface area contributed by atoms with Crippen LogP contribution >= 0.6 is 12.6 Å². The minimum absolute atomic E-state index is 0.268. The molecule has 3 rings (SSSR count). The molecule has 0 bridgehead atoms. The predicted molar refractivity (Wildman–Crippen MR) is 98.0 cm³/mol. The predicted octanol–water partition coefficient (Wildman–Crippen LogP) is 3.83. The SMILES string of the molecule is CC(O)(Cc1ccc(F)cc1)C(c1ccc(F)cc1)C(S)c1cn[nH]n1. The number of thiol groups is 1. The molecule has 4 nitrogen and oxygen atoms in total. The molecule has 0 amide bonds. The Labute approximate surface area is 155 Å². The van der Waals surface area contributed by atoms with Crippen molar-refractivity contribution >= 4 is 12.6 Å². The Balaban J connectivity index is 1.97. The van der Waals surface area contributed by atoms with Gasteiger partial charge in [0.2, 0.25) is 0 Å². The Kier molecular flexibility index (Phi) is 5.38. The van der Waals surface area contributed by atoms with Crippen LogP contribution in [0.1, 0.15) is 34.9 Å². The summed E-state index contributed by atoms with van der Waals surface area (Å²) in [5, 5.41) is 21.2. The lowest BCUT2D eigenvalue weighted by molar-refractivity contribution is 0.0294. The van der Waals surface area contributed by atoms with E-state index in [9.17, 15) is 13.9 Å². The van der Waals surface area contributed by atoms with Gasteiger partial charge in [-0.1, -0.05) is 24.3 Å². The molecule has 7 heteroatoms. The monoisotopic (exact) mass is 375 g/mol. The van der Waals surface area contributed by atoms with Gasteiger partial charge < -0.3 is 5.11 Å². The Morgan fingerprint density at radius 2 is 1.65 bits per heavy atom. The molecule has 0 saturated carbocycles. The highest BCUT2D eigenvalue weighted by Crippen LogP contribution is 2.43. The summed E-state index contributed by atoms with van der Waals surface area (Å²) in [6, 6.07) is 11.9. The summed E-state index contributed by atoms with van der Waals surface area (Å²) in [6.07, 6.45) is 1.81. The van der Waals surface area contributed by atoms with Gasteiger partial charge in [-0.05, 0) is 42.3 Å². The van der Waals surface area contributed by atoms with Gasteiger partial charge >= 0.3 is 0 Å². The van der Waals surface area contributed by atoms with Crippen LogP contribution in [0.25, 0.3) is 0 Å². The van der Waals surface area contributed by atoms with E-state index in [1.54, 1.807) is 37.4 Å². The molecule has 0 fully saturated rings. The third-order valence-corrected chi connectivity index (χ3v) is 4.99. The second kappa shape index (κ2) is 7.55. The molecular formula is C19H19F2N3OS. The van der Waals surface area contributed by atoms with Crippen molar-refractivity contribution < 1.29 is 13.9 Å². The first kappa shape index (κ1) is 18.5.